The number of nitrogens with zero attached hydrogens (tertiary/aromatic N) is 1. The van der Waals surface area contributed by atoms with Gasteiger partial charge in [0.05, 0.1) is 5.41 Å². The highest BCUT2D eigenvalue weighted by Gasteiger charge is 2.44. The van der Waals surface area contributed by atoms with Gasteiger partial charge in [-0.05, 0) is 120 Å². The van der Waals surface area contributed by atoms with Crippen molar-refractivity contribution >= 4 is 27.8 Å². The summed E-state index contributed by atoms with van der Waals surface area (Å²) >= 11 is 0. The molecule has 11 rings (SSSR count). The topological polar surface area (TPSA) is 3.24 Å². The van der Waals surface area contributed by atoms with Crippen LogP contribution in [0.15, 0.2) is 249 Å². The lowest BCUT2D eigenvalue weighted by atomic mass is 9.59. The SMILES string of the molecule is c1ccc(-c2ccc(N(c3ccc(-c4ccccc4)cc3)c3ccc(-c4cccc(C5(c6ccccc6)c6ccccc6-c6cccc7cccc5c67)c4)cc3)cc2)cc1. The van der Waals surface area contributed by atoms with Gasteiger partial charge in [-0.15, -0.1) is 0 Å². The molecule has 1 unspecified atom stereocenters. The first kappa shape index (κ1) is 35.4. The van der Waals surface area contributed by atoms with E-state index in [2.05, 4.69) is 254 Å². The van der Waals surface area contributed by atoms with E-state index in [1.165, 1.54) is 77.5 Å². The molecule has 10 aromatic carbocycles. The molecule has 0 saturated carbocycles. The van der Waals surface area contributed by atoms with Gasteiger partial charge in [-0.1, -0.05) is 206 Å². The van der Waals surface area contributed by atoms with Crippen LogP contribution in [0, 0.1) is 0 Å². The molecule has 10 aromatic rings. The molecule has 1 atom stereocenters. The molecular formula is C59H41N. The van der Waals surface area contributed by atoms with Crippen LogP contribution in [0.5, 0.6) is 0 Å². The molecule has 0 aliphatic heterocycles. The van der Waals surface area contributed by atoms with Crippen molar-refractivity contribution in [3.63, 3.8) is 0 Å². The van der Waals surface area contributed by atoms with E-state index >= 15 is 0 Å². The van der Waals surface area contributed by atoms with Crippen LogP contribution in [-0.2, 0) is 5.41 Å². The van der Waals surface area contributed by atoms with Gasteiger partial charge in [-0.2, -0.15) is 0 Å². The van der Waals surface area contributed by atoms with Crippen LogP contribution in [0.4, 0.5) is 17.1 Å². The molecular weight excluding hydrogens is 723 g/mol. The van der Waals surface area contributed by atoms with E-state index in [4.69, 9.17) is 0 Å². The van der Waals surface area contributed by atoms with Crippen LogP contribution in [0.2, 0.25) is 0 Å². The second-order valence-corrected chi connectivity index (χ2v) is 15.7. The number of hydrogen-bond donors (Lipinski definition) is 0. The molecule has 1 heteroatoms. The Morgan fingerprint density at radius 2 is 0.667 bits per heavy atom. The molecule has 0 heterocycles. The van der Waals surface area contributed by atoms with Crippen molar-refractivity contribution in [1.82, 2.24) is 0 Å². The highest BCUT2D eigenvalue weighted by Crippen LogP contribution is 2.55. The molecule has 0 amide bonds. The Morgan fingerprint density at radius 1 is 0.267 bits per heavy atom. The standard InChI is InChI=1S/C59H41N/c1-4-15-42(16-5-1)44-29-35-51(36-30-44)60(52-37-31-45(32-38-52)43-17-6-2-7-18-43)53-39-33-46(34-40-53)48-21-12-24-50(41-48)59(49-22-8-3-9-23-49)56-27-11-10-25-54(56)55-26-13-19-47-20-14-28-57(59)58(47)55/h1-41H. The van der Waals surface area contributed by atoms with Gasteiger partial charge < -0.3 is 4.90 Å². The Hall–Kier alpha value is -7.74. The summed E-state index contributed by atoms with van der Waals surface area (Å²) in [5.41, 5.74) is 17.7. The van der Waals surface area contributed by atoms with E-state index in [0.717, 1.165) is 17.1 Å². The third-order valence-corrected chi connectivity index (χ3v) is 12.4. The monoisotopic (exact) mass is 763 g/mol. The maximum absolute atomic E-state index is 2.42. The van der Waals surface area contributed by atoms with Crippen LogP contribution in [0.3, 0.4) is 0 Å². The summed E-state index contributed by atoms with van der Waals surface area (Å²) < 4.78 is 0. The van der Waals surface area contributed by atoms with Gasteiger partial charge in [-0.25, -0.2) is 0 Å². The van der Waals surface area contributed by atoms with Crippen LogP contribution >= 0.6 is 0 Å². The highest BCUT2D eigenvalue weighted by atomic mass is 15.1. The predicted molar refractivity (Wildman–Crippen MR) is 252 cm³/mol. The van der Waals surface area contributed by atoms with Gasteiger partial charge >= 0.3 is 0 Å². The third kappa shape index (κ3) is 5.94. The van der Waals surface area contributed by atoms with E-state index in [-0.39, 0.29) is 0 Å². The number of fused-ring (bicyclic) bond motifs is 2. The smallest absolute Gasteiger partial charge is 0.0713 e. The zero-order valence-corrected chi connectivity index (χ0v) is 33.1. The third-order valence-electron chi connectivity index (χ3n) is 12.4. The lowest BCUT2D eigenvalue weighted by molar-refractivity contribution is 0.750. The van der Waals surface area contributed by atoms with Crippen molar-refractivity contribution in [3.8, 4) is 44.5 Å². The van der Waals surface area contributed by atoms with Crippen molar-refractivity contribution in [1.29, 1.82) is 0 Å². The number of benzene rings is 10. The molecule has 0 bridgehead atoms. The normalized spacial score (nSPS) is 14.1. The van der Waals surface area contributed by atoms with Gasteiger partial charge in [-0.3, -0.25) is 0 Å². The van der Waals surface area contributed by atoms with Crippen molar-refractivity contribution in [3.05, 3.63) is 271 Å². The molecule has 1 aliphatic carbocycles. The fraction of sp³-hybridized carbons (Fsp3) is 0.0169. The van der Waals surface area contributed by atoms with E-state index in [1.807, 2.05) is 0 Å². The lowest BCUT2D eigenvalue weighted by Gasteiger charge is -2.42. The van der Waals surface area contributed by atoms with Crippen molar-refractivity contribution < 1.29 is 0 Å². The molecule has 60 heavy (non-hydrogen) atoms. The Bertz CT molecular complexity index is 3010. The Kier molecular flexibility index (Phi) is 8.79. The fourth-order valence-electron chi connectivity index (χ4n) is 9.59. The van der Waals surface area contributed by atoms with E-state index < -0.39 is 5.41 Å². The zero-order chi connectivity index (χ0) is 39.9. The predicted octanol–water partition coefficient (Wildman–Crippen LogP) is 15.7. The van der Waals surface area contributed by atoms with Crippen LogP contribution in [-0.4, -0.2) is 0 Å². The minimum Gasteiger partial charge on any atom is -0.311 e. The summed E-state index contributed by atoms with van der Waals surface area (Å²) in [5, 5.41) is 2.59. The fourth-order valence-corrected chi connectivity index (χ4v) is 9.59. The molecule has 0 saturated heterocycles. The average Bonchev–Trinajstić information content (AvgIpc) is 3.34. The quantitative estimate of drug-likeness (QED) is 0.149. The molecule has 1 aliphatic rings. The summed E-state index contributed by atoms with van der Waals surface area (Å²) in [6.45, 7) is 0. The van der Waals surface area contributed by atoms with Gasteiger partial charge in [0.2, 0.25) is 0 Å². The van der Waals surface area contributed by atoms with E-state index in [0.29, 0.717) is 0 Å². The van der Waals surface area contributed by atoms with Gasteiger partial charge in [0.1, 0.15) is 0 Å². The Labute approximate surface area is 352 Å². The van der Waals surface area contributed by atoms with Crippen LogP contribution in [0.25, 0.3) is 55.3 Å². The Balaban J connectivity index is 1.02. The molecule has 0 aromatic heterocycles. The van der Waals surface area contributed by atoms with Crippen molar-refractivity contribution in [2.45, 2.75) is 5.41 Å². The van der Waals surface area contributed by atoms with Gasteiger partial charge in [0.15, 0.2) is 0 Å². The first-order valence-corrected chi connectivity index (χ1v) is 20.8. The molecule has 0 fully saturated rings. The first-order valence-electron chi connectivity index (χ1n) is 20.8. The van der Waals surface area contributed by atoms with Crippen molar-refractivity contribution in [2.75, 3.05) is 4.90 Å². The van der Waals surface area contributed by atoms with Gasteiger partial charge in [0.25, 0.3) is 0 Å². The second-order valence-electron chi connectivity index (χ2n) is 15.7. The van der Waals surface area contributed by atoms with Crippen molar-refractivity contribution in [2.24, 2.45) is 0 Å². The molecule has 1 nitrogen and oxygen atoms in total. The minimum absolute atomic E-state index is 0.518. The maximum Gasteiger partial charge on any atom is 0.0713 e. The molecule has 0 spiro atoms. The minimum atomic E-state index is -0.518. The summed E-state index contributed by atoms with van der Waals surface area (Å²) in [7, 11) is 0. The average molecular weight is 764 g/mol. The number of hydrogen-bond acceptors (Lipinski definition) is 1. The number of rotatable bonds is 8. The second kappa shape index (κ2) is 14.9. The lowest BCUT2D eigenvalue weighted by Crippen LogP contribution is -2.33. The van der Waals surface area contributed by atoms with Gasteiger partial charge in [0, 0.05) is 17.1 Å². The summed E-state index contributed by atoms with van der Waals surface area (Å²) in [6, 6.07) is 91.0. The first-order chi connectivity index (χ1) is 29.8. The molecule has 0 N–H and O–H groups in total. The van der Waals surface area contributed by atoms with E-state index in [1.54, 1.807) is 0 Å². The zero-order valence-electron chi connectivity index (χ0n) is 33.1. The summed E-state index contributed by atoms with van der Waals surface area (Å²) in [6.07, 6.45) is 0. The summed E-state index contributed by atoms with van der Waals surface area (Å²) in [5.74, 6) is 0. The van der Waals surface area contributed by atoms with Crippen LogP contribution < -0.4 is 4.90 Å². The molecule has 282 valence electrons. The molecule has 0 radical (unpaired) electrons. The van der Waals surface area contributed by atoms with Crippen LogP contribution in [0.1, 0.15) is 22.3 Å². The van der Waals surface area contributed by atoms with E-state index in [9.17, 15) is 0 Å². The summed E-state index contributed by atoms with van der Waals surface area (Å²) in [4.78, 5) is 2.35. The maximum atomic E-state index is 2.42. The highest BCUT2D eigenvalue weighted by molar-refractivity contribution is 6.05. The number of anilines is 3. The Morgan fingerprint density at radius 3 is 1.25 bits per heavy atom. The largest absolute Gasteiger partial charge is 0.311 e.